The lowest BCUT2D eigenvalue weighted by Gasteiger charge is -2.19. The first-order valence-electron chi connectivity index (χ1n) is 8.05. The molecule has 1 saturated heterocycles. The standard InChI is InChI=1S/C17H26N2O2/c1-19-6-3-4-15(19)12-21-16-8-14(10-18-11-16)17-9-13(17)5-7-20-2/h8,10-11,13,15,17H,3-7,9,12H2,1-2H3/t13-,15+,17-/m1/s1. The number of methoxy groups -OCH3 is 1. The molecule has 3 rings (SSSR count). The smallest absolute Gasteiger partial charge is 0.137 e. The second kappa shape index (κ2) is 6.75. The number of hydrogen-bond acceptors (Lipinski definition) is 4. The van der Waals surface area contributed by atoms with Crippen molar-refractivity contribution < 1.29 is 9.47 Å². The summed E-state index contributed by atoms with van der Waals surface area (Å²) in [5.41, 5.74) is 1.33. The van der Waals surface area contributed by atoms with Crippen LogP contribution in [0.3, 0.4) is 0 Å². The zero-order valence-electron chi connectivity index (χ0n) is 13.1. The molecule has 2 fully saturated rings. The molecule has 0 unspecified atom stereocenters. The molecule has 0 radical (unpaired) electrons. The predicted octanol–water partition coefficient (Wildman–Crippen LogP) is 2.69. The number of nitrogens with zero attached hydrogens (tertiary/aromatic N) is 2. The molecule has 4 nitrogen and oxygen atoms in total. The molecule has 1 aliphatic carbocycles. The van der Waals surface area contributed by atoms with Crippen LogP contribution in [0.15, 0.2) is 18.5 Å². The van der Waals surface area contributed by atoms with Crippen LogP contribution in [0.1, 0.15) is 37.2 Å². The van der Waals surface area contributed by atoms with E-state index in [2.05, 4.69) is 23.0 Å². The summed E-state index contributed by atoms with van der Waals surface area (Å²) in [7, 11) is 3.95. The third-order valence-corrected chi connectivity index (χ3v) is 4.89. The zero-order valence-corrected chi connectivity index (χ0v) is 13.1. The molecule has 0 bridgehead atoms. The van der Waals surface area contributed by atoms with Gasteiger partial charge in [-0.25, -0.2) is 0 Å². The molecule has 3 atom stereocenters. The number of pyridine rings is 1. The molecule has 0 amide bonds. The normalized spacial score (nSPS) is 28.8. The van der Waals surface area contributed by atoms with E-state index in [-0.39, 0.29) is 0 Å². The summed E-state index contributed by atoms with van der Waals surface area (Å²) in [6.07, 6.45) is 8.77. The van der Waals surface area contributed by atoms with Gasteiger partial charge in [0.15, 0.2) is 0 Å². The Hall–Kier alpha value is -1.13. The van der Waals surface area contributed by atoms with Crippen molar-refractivity contribution in [1.82, 2.24) is 9.88 Å². The highest BCUT2D eigenvalue weighted by atomic mass is 16.5. The van der Waals surface area contributed by atoms with E-state index in [1.54, 1.807) is 7.11 Å². The van der Waals surface area contributed by atoms with Crippen molar-refractivity contribution in [2.75, 3.05) is 33.9 Å². The lowest BCUT2D eigenvalue weighted by Crippen LogP contribution is -2.30. The largest absolute Gasteiger partial charge is 0.490 e. The zero-order chi connectivity index (χ0) is 14.7. The molecule has 116 valence electrons. The van der Waals surface area contributed by atoms with Crippen molar-refractivity contribution in [2.24, 2.45) is 5.92 Å². The van der Waals surface area contributed by atoms with Crippen LogP contribution in [-0.2, 0) is 4.74 Å². The van der Waals surface area contributed by atoms with Crippen molar-refractivity contribution in [3.8, 4) is 5.75 Å². The minimum absolute atomic E-state index is 0.559. The molecular weight excluding hydrogens is 264 g/mol. The van der Waals surface area contributed by atoms with Crippen molar-refractivity contribution >= 4 is 0 Å². The van der Waals surface area contributed by atoms with E-state index in [4.69, 9.17) is 9.47 Å². The van der Waals surface area contributed by atoms with Gasteiger partial charge in [0.05, 0.1) is 6.20 Å². The first kappa shape index (κ1) is 14.8. The molecule has 4 heteroatoms. The Balaban J connectivity index is 1.52. The first-order chi connectivity index (χ1) is 10.3. The van der Waals surface area contributed by atoms with E-state index >= 15 is 0 Å². The third kappa shape index (κ3) is 3.74. The van der Waals surface area contributed by atoms with E-state index in [0.29, 0.717) is 12.0 Å². The van der Waals surface area contributed by atoms with Crippen LogP contribution in [0.2, 0.25) is 0 Å². The molecule has 2 aliphatic rings. The maximum atomic E-state index is 5.97. The van der Waals surface area contributed by atoms with Gasteiger partial charge in [0.2, 0.25) is 0 Å². The summed E-state index contributed by atoms with van der Waals surface area (Å²) in [4.78, 5) is 6.74. The molecule has 21 heavy (non-hydrogen) atoms. The summed E-state index contributed by atoms with van der Waals surface area (Å²) in [5.74, 6) is 2.35. The Morgan fingerprint density at radius 2 is 2.29 bits per heavy atom. The van der Waals surface area contributed by atoms with Crippen molar-refractivity contribution in [1.29, 1.82) is 0 Å². The Labute approximate surface area is 127 Å². The van der Waals surface area contributed by atoms with E-state index in [9.17, 15) is 0 Å². The summed E-state index contributed by atoms with van der Waals surface area (Å²) >= 11 is 0. The molecule has 0 aromatic carbocycles. The number of likely N-dealkylation sites (N-methyl/N-ethyl adjacent to an activating group) is 1. The Morgan fingerprint density at radius 1 is 1.38 bits per heavy atom. The quantitative estimate of drug-likeness (QED) is 0.773. The second-order valence-electron chi connectivity index (χ2n) is 6.43. The molecule has 0 N–H and O–H groups in total. The van der Waals surface area contributed by atoms with Gasteiger partial charge < -0.3 is 14.4 Å². The van der Waals surface area contributed by atoms with Gasteiger partial charge in [0.1, 0.15) is 12.4 Å². The minimum atomic E-state index is 0.559. The molecule has 1 aliphatic heterocycles. The lowest BCUT2D eigenvalue weighted by molar-refractivity contribution is 0.189. The second-order valence-corrected chi connectivity index (χ2v) is 6.43. The van der Waals surface area contributed by atoms with E-state index in [1.165, 1.54) is 31.4 Å². The number of rotatable bonds is 7. The highest BCUT2D eigenvalue weighted by Gasteiger charge is 2.38. The third-order valence-electron chi connectivity index (χ3n) is 4.89. The highest BCUT2D eigenvalue weighted by molar-refractivity contribution is 5.30. The fraction of sp³-hybridized carbons (Fsp3) is 0.706. The van der Waals surface area contributed by atoms with Crippen LogP contribution in [0.4, 0.5) is 0 Å². The van der Waals surface area contributed by atoms with E-state index in [1.807, 2.05) is 12.4 Å². The number of aromatic nitrogens is 1. The fourth-order valence-corrected chi connectivity index (χ4v) is 3.34. The number of ether oxygens (including phenoxy) is 2. The maximum Gasteiger partial charge on any atom is 0.137 e. The van der Waals surface area contributed by atoms with Crippen molar-refractivity contribution in [3.05, 3.63) is 24.0 Å². The predicted molar refractivity (Wildman–Crippen MR) is 82.7 cm³/mol. The minimum Gasteiger partial charge on any atom is -0.490 e. The Bertz CT molecular complexity index is 466. The van der Waals surface area contributed by atoms with Crippen molar-refractivity contribution in [2.45, 2.75) is 37.6 Å². The highest BCUT2D eigenvalue weighted by Crippen LogP contribution is 2.49. The summed E-state index contributed by atoms with van der Waals surface area (Å²) < 4.78 is 11.1. The van der Waals surface area contributed by atoms with Crippen LogP contribution in [0.25, 0.3) is 0 Å². The first-order valence-corrected chi connectivity index (χ1v) is 8.05. The van der Waals surface area contributed by atoms with Crippen LogP contribution in [0, 0.1) is 5.92 Å². The number of likely N-dealkylation sites (tertiary alicyclic amines) is 1. The van der Waals surface area contributed by atoms with Gasteiger partial charge in [0.25, 0.3) is 0 Å². The van der Waals surface area contributed by atoms with Gasteiger partial charge in [-0.15, -0.1) is 0 Å². The maximum absolute atomic E-state index is 5.97. The van der Waals surface area contributed by atoms with Crippen LogP contribution in [0.5, 0.6) is 5.75 Å². The van der Waals surface area contributed by atoms with E-state index in [0.717, 1.165) is 31.3 Å². The SMILES string of the molecule is COCC[C@@H]1C[C@H]1c1cncc(OC[C@@H]2CCCN2C)c1. The number of hydrogen-bond donors (Lipinski definition) is 0. The fourth-order valence-electron chi connectivity index (χ4n) is 3.34. The monoisotopic (exact) mass is 290 g/mol. The molecule has 0 spiro atoms. The van der Waals surface area contributed by atoms with Crippen LogP contribution < -0.4 is 4.74 Å². The topological polar surface area (TPSA) is 34.6 Å². The van der Waals surface area contributed by atoms with Gasteiger partial charge in [-0.3, -0.25) is 4.98 Å². The molecule has 1 aromatic heterocycles. The lowest BCUT2D eigenvalue weighted by atomic mass is 10.1. The average Bonchev–Trinajstić information content (AvgIpc) is 3.17. The molecule has 2 heterocycles. The summed E-state index contributed by atoms with van der Waals surface area (Å²) in [6, 6.07) is 2.74. The molecule has 1 aromatic rings. The summed E-state index contributed by atoms with van der Waals surface area (Å²) in [6.45, 7) is 2.83. The average molecular weight is 290 g/mol. The van der Waals surface area contributed by atoms with Crippen LogP contribution in [-0.4, -0.2) is 49.8 Å². The summed E-state index contributed by atoms with van der Waals surface area (Å²) in [5, 5.41) is 0. The van der Waals surface area contributed by atoms with Gasteiger partial charge in [-0.05, 0) is 62.7 Å². The van der Waals surface area contributed by atoms with Gasteiger partial charge in [-0.1, -0.05) is 0 Å². The Morgan fingerprint density at radius 3 is 3.05 bits per heavy atom. The van der Waals surface area contributed by atoms with Crippen molar-refractivity contribution in [3.63, 3.8) is 0 Å². The molecule has 1 saturated carbocycles. The van der Waals surface area contributed by atoms with Crippen LogP contribution >= 0.6 is 0 Å². The Kier molecular flexibility index (Phi) is 4.76. The van der Waals surface area contributed by atoms with Gasteiger partial charge in [-0.2, -0.15) is 0 Å². The molecular formula is C17H26N2O2. The van der Waals surface area contributed by atoms with Gasteiger partial charge in [0, 0.05) is 26.0 Å². The van der Waals surface area contributed by atoms with E-state index < -0.39 is 0 Å². The van der Waals surface area contributed by atoms with Gasteiger partial charge >= 0.3 is 0 Å².